The number of nitrogens with zero attached hydrogens (tertiary/aromatic N) is 4. The van der Waals surface area contributed by atoms with Gasteiger partial charge >= 0.3 is 6.03 Å². The largest absolute Gasteiger partial charge is 0.338 e. The molecule has 0 saturated carbocycles. The highest BCUT2D eigenvalue weighted by Gasteiger charge is 2.16. The minimum absolute atomic E-state index is 0.167. The minimum Gasteiger partial charge on any atom is -0.338 e. The average molecular weight is 342 g/mol. The molecule has 0 spiro atoms. The Kier molecular flexibility index (Phi) is 5.65. The molecule has 2 aromatic rings. The Bertz CT molecular complexity index is 713. The van der Waals surface area contributed by atoms with Crippen LogP contribution in [0.15, 0.2) is 30.6 Å². The van der Waals surface area contributed by atoms with E-state index in [9.17, 15) is 4.79 Å². The van der Waals surface area contributed by atoms with Gasteiger partial charge in [-0.1, -0.05) is 24.3 Å². The molecule has 1 unspecified atom stereocenters. The molecule has 1 aliphatic heterocycles. The van der Waals surface area contributed by atoms with Gasteiger partial charge in [-0.15, -0.1) is 10.2 Å². The van der Waals surface area contributed by atoms with E-state index in [1.807, 2.05) is 14.0 Å². The molecule has 0 bridgehead atoms. The Hall–Kier alpha value is -2.41. The normalized spacial score (nSPS) is 15.4. The second-order valence-corrected chi connectivity index (χ2v) is 6.57. The van der Waals surface area contributed by atoms with Crippen molar-refractivity contribution in [3.63, 3.8) is 0 Å². The Morgan fingerprint density at radius 2 is 2.12 bits per heavy atom. The van der Waals surface area contributed by atoms with E-state index < -0.39 is 0 Å². The zero-order chi connectivity index (χ0) is 17.6. The van der Waals surface area contributed by atoms with E-state index in [-0.39, 0.29) is 12.1 Å². The average Bonchev–Trinajstić information content (AvgIpc) is 3.04. The van der Waals surface area contributed by atoms with Crippen LogP contribution in [0.4, 0.5) is 4.79 Å². The number of aryl methyl sites for hydroxylation is 1. The van der Waals surface area contributed by atoms with Crippen LogP contribution in [-0.4, -0.2) is 45.3 Å². The number of benzene rings is 1. The fourth-order valence-electron chi connectivity index (χ4n) is 3.25. The van der Waals surface area contributed by atoms with Crippen molar-refractivity contribution >= 4 is 6.03 Å². The highest BCUT2D eigenvalue weighted by molar-refractivity contribution is 5.74. The van der Waals surface area contributed by atoms with Gasteiger partial charge in [0, 0.05) is 33.2 Å². The summed E-state index contributed by atoms with van der Waals surface area (Å²) in [5.41, 5.74) is 2.89. The highest BCUT2D eigenvalue weighted by atomic mass is 16.2. The number of fused-ring (bicyclic) bond motifs is 1. The van der Waals surface area contributed by atoms with E-state index in [4.69, 9.17) is 0 Å². The summed E-state index contributed by atoms with van der Waals surface area (Å²) in [5.74, 6) is 0.738. The van der Waals surface area contributed by atoms with Crippen LogP contribution in [0, 0.1) is 0 Å². The number of nitrogens with one attached hydrogen (secondary N) is 2. The number of amides is 2. The molecule has 0 aliphatic carbocycles. The van der Waals surface area contributed by atoms with Crippen molar-refractivity contribution in [2.45, 2.75) is 32.4 Å². The minimum atomic E-state index is -0.175. The summed E-state index contributed by atoms with van der Waals surface area (Å²) in [6.45, 7) is 5.65. The van der Waals surface area contributed by atoms with Crippen LogP contribution in [0.3, 0.4) is 0 Å². The number of hydrogen-bond acceptors (Lipinski definition) is 4. The second-order valence-electron chi connectivity index (χ2n) is 6.57. The molecule has 1 aromatic carbocycles. The predicted octanol–water partition coefficient (Wildman–Crippen LogP) is 1.62. The fraction of sp³-hybridized carbons (Fsp3) is 0.500. The van der Waals surface area contributed by atoms with Crippen LogP contribution < -0.4 is 10.6 Å². The van der Waals surface area contributed by atoms with Gasteiger partial charge in [-0.05, 0) is 30.9 Å². The molecule has 1 aliphatic rings. The molecule has 1 aromatic heterocycles. The van der Waals surface area contributed by atoms with Crippen LogP contribution in [0.25, 0.3) is 0 Å². The number of aromatic nitrogens is 3. The van der Waals surface area contributed by atoms with Gasteiger partial charge in [-0.2, -0.15) is 0 Å². The van der Waals surface area contributed by atoms with Crippen LogP contribution in [0.2, 0.25) is 0 Å². The van der Waals surface area contributed by atoms with Crippen molar-refractivity contribution in [2.24, 2.45) is 7.05 Å². The summed E-state index contributed by atoms with van der Waals surface area (Å²) >= 11 is 0. The predicted molar refractivity (Wildman–Crippen MR) is 96.0 cm³/mol. The molecule has 2 amide bonds. The molecule has 134 valence electrons. The van der Waals surface area contributed by atoms with Gasteiger partial charge in [0.1, 0.15) is 6.33 Å². The highest BCUT2D eigenvalue weighted by Crippen LogP contribution is 2.18. The van der Waals surface area contributed by atoms with Crippen molar-refractivity contribution in [3.05, 3.63) is 47.5 Å². The van der Waals surface area contributed by atoms with E-state index in [0.29, 0.717) is 6.54 Å². The molecule has 0 radical (unpaired) electrons. The third kappa shape index (κ3) is 4.57. The summed E-state index contributed by atoms with van der Waals surface area (Å²) in [7, 11) is 1.86. The first-order valence-corrected chi connectivity index (χ1v) is 8.81. The van der Waals surface area contributed by atoms with Gasteiger partial charge in [0.15, 0.2) is 5.82 Å². The molecular formula is C18H26N6O. The Labute approximate surface area is 148 Å². The number of carbonyl (C=O) groups is 1. The lowest BCUT2D eigenvalue weighted by Crippen LogP contribution is -2.39. The molecule has 1 atom stereocenters. The number of rotatable bonds is 6. The zero-order valence-electron chi connectivity index (χ0n) is 14.9. The third-order valence-corrected chi connectivity index (χ3v) is 4.63. The van der Waals surface area contributed by atoms with E-state index in [2.05, 4.69) is 50.0 Å². The third-order valence-electron chi connectivity index (χ3n) is 4.63. The molecule has 25 heavy (non-hydrogen) atoms. The second kappa shape index (κ2) is 8.11. The molecule has 2 heterocycles. The van der Waals surface area contributed by atoms with Crippen LogP contribution >= 0.6 is 0 Å². The summed E-state index contributed by atoms with van der Waals surface area (Å²) in [6, 6.07) is 8.30. The lowest BCUT2D eigenvalue weighted by molar-refractivity contribution is 0.232. The number of urea groups is 1. The van der Waals surface area contributed by atoms with Gasteiger partial charge in [0.25, 0.3) is 0 Å². The first-order valence-electron chi connectivity index (χ1n) is 8.81. The monoisotopic (exact) mass is 342 g/mol. The van der Waals surface area contributed by atoms with Crippen molar-refractivity contribution in [1.29, 1.82) is 0 Å². The summed E-state index contributed by atoms with van der Waals surface area (Å²) in [6.07, 6.45) is 3.68. The van der Waals surface area contributed by atoms with E-state index in [0.717, 1.165) is 38.3 Å². The van der Waals surface area contributed by atoms with Gasteiger partial charge in [0.05, 0.1) is 6.04 Å². The van der Waals surface area contributed by atoms with Gasteiger partial charge < -0.3 is 15.2 Å². The van der Waals surface area contributed by atoms with E-state index >= 15 is 0 Å². The van der Waals surface area contributed by atoms with Crippen LogP contribution in [0.5, 0.6) is 0 Å². The standard InChI is InChI=1S/C18H26N6O/c1-14(17-22-20-13-23(17)2)21-18(25)19-9-5-10-24-11-8-15-6-3-4-7-16(15)12-24/h3-4,6-7,13-14H,5,8-12H2,1-2H3,(H2,19,21,25). The smallest absolute Gasteiger partial charge is 0.315 e. The lowest BCUT2D eigenvalue weighted by atomic mass is 10.00. The van der Waals surface area contributed by atoms with Gasteiger partial charge in [0.2, 0.25) is 0 Å². The zero-order valence-corrected chi connectivity index (χ0v) is 14.9. The molecule has 7 nitrogen and oxygen atoms in total. The fourth-order valence-corrected chi connectivity index (χ4v) is 3.25. The summed E-state index contributed by atoms with van der Waals surface area (Å²) in [4.78, 5) is 14.4. The van der Waals surface area contributed by atoms with Crippen LogP contribution in [0.1, 0.15) is 36.3 Å². The molecule has 7 heteroatoms. The number of hydrogen-bond donors (Lipinski definition) is 2. The van der Waals surface area contributed by atoms with Crippen molar-refractivity contribution in [2.75, 3.05) is 19.6 Å². The van der Waals surface area contributed by atoms with E-state index in [1.54, 1.807) is 10.9 Å². The van der Waals surface area contributed by atoms with Crippen LogP contribution in [-0.2, 0) is 20.0 Å². The van der Waals surface area contributed by atoms with Gasteiger partial charge in [-0.25, -0.2) is 4.79 Å². The summed E-state index contributed by atoms with van der Waals surface area (Å²) in [5, 5.41) is 13.6. The first kappa shape index (κ1) is 17.4. The van der Waals surface area contributed by atoms with Gasteiger partial charge in [-0.3, -0.25) is 4.90 Å². The Morgan fingerprint density at radius 1 is 1.32 bits per heavy atom. The SMILES string of the molecule is CC(NC(=O)NCCCN1CCc2ccccc2C1)c1nncn1C. The maximum atomic E-state index is 12.0. The molecule has 0 fully saturated rings. The molecular weight excluding hydrogens is 316 g/mol. The topological polar surface area (TPSA) is 75.1 Å². The van der Waals surface area contributed by atoms with Crippen molar-refractivity contribution in [3.8, 4) is 0 Å². The maximum absolute atomic E-state index is 12.0. The molecule has 3 rings (SSSR count). The first-order chi connectivity index (χ1) is 12.1. The molecule has 0 saturated heterocycles. The van der Waals surface area contributed by atoms with Crippen molar-refractivity contribution in [1.82, 2.24) is 30.3 Å². The van der Waals surface area contributed by atoms with Crippen molar-refractivity contribution < 1.29 is 4.79 Å². The summed E-state index contributed by atoms with van der Waals surface area (Å²) < 4.78 is 1.80. The number of carbonyl (C=O) groups excluding carboxylic acids is 1. The maximum Gasteiger partial charge on any atom is 0.315 e. The Balaban J connectivity index is 1.35. The lowest BCUT2D eigenvalue weighted by Gasteiger charge is -2.28. The van der Waals surface area contributed by atoms with E-state index in [1.165, 1.54) is 11.1 Å². The quantitative estimate of drug-likeness (QED) is 0.783. The molecule has 2 N–H and O–H groups in total. The Morgan fingerprint density at radius 3 is 2.88 bits per heavy atom.